The Morgan fingerprint density at radius 1 is 1.55 bits per heavy atom. The van der Waals surface area contributed by atoms with Crippen LogP contribution >= 0.6 is 22.7 Å². The number of nitrogens with zero attached hydrogens (tertiary/aromatic N) is 1. The van der Waals surface area contributed by atoms with E-state index < -0.39 is 0 Å². The first-order chi connectivity index (χ1) is 9.83. The van der Waals surface area contributed by atoms with E-state index in [1.54, 1.807) is 17.5 Å². The molecule has 1 amide bonds. The van der Waals surface area contributed by atoms with Gasteiger partial charge in [0.1, 0.15) is 9.88 Å². The number of amides is 1. The molecular formula is C14H16N2O2S2. The van der Waals surface area contributed by atoms with Gasteiger partial charge in [0.25, 0.3) is 5.91 Å². The third-order valence-electron chi connectivity index (χ3n) is 3.27. The van der Waals surface area contributed by atoms with Crippen molar-refractivity contribution in [1.82, 2.24) is 10.3 Å². The van der Waals surface area contributed by atoms with Gasteiger partial charge in [-0.1, -0.05) is 0 Å². The number of thiophene rings is 1. The molecule has 6 heteroatoms. The van der Waals surface area contributed by atoms with E-state index in [-0.39, 0.29) is 5.91 Å². The van der Waals surface area contributed by atoms with Crippen molar-refractivity contribution in [3.63, 3.8) is 0 Å². The zero-order chi connectivity index (χ0) is 13.8. The summed E-state index contributed by atoms with van der Waals surface area (Å²) in [6, 6.07) is 2.02. The van der Waals surface area contributed by atoms with Crippen LogP contribution in [0.15, 0.2) is 23.0 Å². The van der Waals surface area contributed by atoms with E-state index in [4.69, 9.17) is 4.74 Å². The van der Waals surface area contributed by atoms with Gasteiger partial charge in [0.15, 0.2) is 0 Å². The Morgan fingerprint density at radius 3 is 3.25 bits per heavy atom. The van der Waals surface area contributed by atoms with E-state index in [1.165, 1.54) is 11.3 Å². The number of ether oxygens (including phenoxy) is 1. The normalized spacial score (nSPS) is 18.3. The maximum absolute atomic E-state index is 12.0. The molecule has 1 atom stereocenters. The molecule has 2 aromatic rings. The van der Waals surface area contributed by atoms with Crippen molar-refractivity contribution in [3.05, 3.63) is 27.9 Å². The van der Waals surface area contributed by atoms with Crippen LogP contribution in [-0.2, 0) is 4.74 Å². The van der Waals surface area contributed by atoms with Gasteiger partial charge in [-0.25, -0.2) is 4.98 Å². The average Bonchev–Trinajstić information content (AvgIpc) is 3.20. The fourth-order valence-corrected chi connectivity index (χ4v) is 3.75. The minimum absolute atomic E-state index is 0.0398. The molecular weight excluding hydrogens is 292 g/mol. The third-order valence-corrected chi connectivity index (χ3v) is 5.00. The van der Waals surface area contributed by atoms with Crippen molar-refractivity contribution >= 4 is 28.6 Å². The summed E-state index contributed by atoms with van der Waals surface area (Å²) in [6.45, 7) is 1.52. The molecule has 0 radical (unpaired) electrons. The molecule has 3 rings (SSSR count). The maximum atomic E-state index is 12.0. The zero-order valence-electron chi connectivity index (χ0n) is 11.0. The molecule has 1 aliphatic rings. The predicted molar refractivity (Wildman–Crippen MR) is 81.4 cm³/mol. The number of rotatable bonds is 5. The fraction of sp³-hybridized carbons (Fsp3) is 0.429. The van der Waals surface area contributed by atoms with Crippen LogP contribution in [0, 0.1) is 0 Å². The van der Waals surface area contributed by atoms with Crippen molar-refractivity contribution in [3.8, 4) is 10.6 Å². The molecule has 0 aromatic carbocycles. The highest BCUT2D eigenvalue weighted by molar-refractivity contribution is 7.17. The van der Waals surface area contributed by atoms with E-state index in [0.717, 1.165) is 36.4 Å². The summed E-state index contributed by atoms with van der Waals surface area (Å²) < 4.78 is 5.53. The van der Waals surface area contributed by atoms with Crippen molar-refractivity contribution in [2.75, 3.05) is 13.2 Å². The lowest BCUT2D eigenvalue weighted by Gasteiger charge is -2.09. The molecule has 4 nitrogen and oxygen atoms in total. The summed E-state index contributed by atoms with van der Waals surface area (Å²) in [6.07, 6.45) is 5.11. The van der Waals surface area contributed by atoms with Crippen LogP contribution in [0.1, 0.15) is 28.9 Å². The number of hydrogen-bond donors (Lipinski definition) is 1. The quantitative estimate of drug-likeness (QED) is 0.923. The lowest BCUT2D eigenvalue weighted by atomic mass is 10.2. The summed E-state index contributed by atoms with van der Waals surface area (Å²) in [5, 5.41) is 7.89. The minimum atomic E-state index is -0.0398. The summed E-state index contributed by atoms with van der Waals surface area (Å²) >= 11 is 3.07. The second-order valence-electron chi connectivity index (χ2n) is 4.72. The molecule has 1 aliphatic heterocycles. The Labute approximate surface area is 125 Å². The molecule has 20 heavy (non-hydrogen) atoms. The van der Waals surface area contributed by atoms with Gasteiger partial charge in [0.05, 0.1) is 12.3 Å². The van der Waals surface area contributed by atoms with Gasteiger partial charge in [-0.15, -0.1) is 11.3 Å². The maximum Gasteiger partial charge on any atom is 0.263 e. The standard InChI is InChI=1S/C14H16N2O2S2/c17-13(15-5-3-11-2-1-6-18-11)12-8-16-14(20-12)10-4-7-19-9-10/h4,7-9,11H,1-3,5-6H2,(H,15,17)/t11-/m1/s1. The first-order valence-corrected chi connectivity index (χ1v) is 8.47. The minimum Gasteiger partial charge on any atom is -0.378 e. The number of carbonyl (C=O) groups excluding carboxylic acids is 1. The first kappa shape index (κ1) is 13.7. The monoisotopic (exact) mass is 308 g/mol. The van der Waals surface area contributed by atoms with Crippen LogP contribution in [0.2, 0.25) is 0 Å². The van der Waals surface area contributed by atoms with Crippen molar-refractivity contribution in [2.45, 2.75) is 25.4 Å². The first-order valence-electron chi connectivity index (χ1n) is 6.71. The van der Waals surface area contributed by atoms with E-state index in [0.29, 0.717) is 17.5 Å². The molecule has 0 saturated carbocycles. The van der Waals surface area contributed by atoms with Crippen LogP contribution in [0.3, 0.4) is 0 Å². The highest BCUT2D eigenvalue weighted by Gasteiger charge is 2.16. The fourth-order valence-electron chi connectivity index (χ4n) is 2.20. The van der Waals surface area contributed by atoms with Crippen LogP contribution in [-0.4, -0.2) is 30.1 Å². The molecule has 106 valence electrons. The predicted octanol–water partition coefficient (Wildman–Crippen LogP) is 3.17. The Kier molecular flexibility index (Phi) is 4.44. The molecule has 1 saturated heterocycles. The Hall–Kier alpha value is -1.24. The van der Waals surface area contributed by atoms with Crippen molar-refractivity contribution in [1.29, 1.82) is 0 Å². The molecule has 0 spiro atoms. The van der Waals surface area contributed by atoms with E-state index in [1.807, 2.05) is 16.8 Å². The lowest BCUT2D eigenvalue weighted by molar-refractivity contribution is 0.0910. The second kappa shape index (κ2) is 6.47. The molecule has 3 heterocycles. The summed E-state index contributed by atoms with van der Waals surface area (Å²) in [4.78, 5) is 17.0. The summed E-state index contributed by atoms with van der Waals surface area (Å²) in [7, 11) is 0. The van der Waals surface area contributed by atoms with Crippen LogP contribution in [0.4, 0.5) is 0 Å². The summed E-state index contributed by atoms with van der Waals surface area (Å²) in [5.74, 6) is -0.0398. The van der Waals surface area contributed by atoms with Crippen molar-refractivity contribution in [2.24, 2.45) is 0 Å². The number of hydrogen-bond acceptors (Lipinski definition) is 5. The molecule has 0 aliphatic carbocycles. The molecule has 0 unspecified atom stereocenters. The van der Waals surface area contributed by atoms with E-state index in [9.17, 15) is 4.79 Å². The average molecular weight is 308 g/mol. The zero-order valence-corrected chi connectivity index (χ0v) is 12.6. The third kappa shape index (κ3) is 3.26. The van der Waals surface area contributed by atoms with Crippen LogP contribution in [0.5, 0.6) is 0 Å². The largest absolute Gasteiger partial charge is 0.378 e. The Bertz CT molecular complexity index is 560. The highest BCUT2D eigenvalue weighted by atomic mass is 32.1. The van der Waals surface area contributed by atoms with Gasteiger partial charge in [0.2, 0.25) is 0 Å². The van der Waals surface area contributed by atoms with Gasteiger partial charge in [-0.2, -0.15) is 11.3 Å². The molecule has 2 aromatic heterocycles. The van der Waals surface area contributed by atoms with E-state index in [2.05, 4.69) is 10.3 Å². The van der Waals surface area contributed by atoms with Crippen molar-refractivity contribution < 1.29 is 9.53 Å². The Balaban J connectivity index is 1.52. The molecule has 1 N–H and O–H groups in total. The van der Waals surface area contributed by atoms with Gasteiger partial charge in [-0.3, -0.25) is 4.79 Å². The Morgan fingerprint density at radius 2 is 2.50 bits per heavy atom. The lowest BCUT2D eigenvalue weighted by Crippen LogP contribution is -2.26. The van der Waals surface area contributed by atoms with Crippen LogP contribution in [0.25, 0.3) is 10.6 Å². The highest BCUT2D eigenvalue weighted by Crippen LogP contribution is 2.26. The van der Waals surface area contributed by atoms with Gasteiger partial charge < -0.3 is 10.1 Å². The summed E-state index contributed by atoms with van der Waals surface area (Å²) in [5.41, 5.74) is 1.08. The van der Waals surface area contributed by atoms with Gasteiger partial charge in [0, 0.05) is 24.1 Å². The smallest absolute Gasteiger partial charge is 0.263 e. The number of carbonyl (C=O) groups is 1. The van der Waals surface area contributed by atoms with Gasteiger partial charge >= 0.3 is 0 Å². The second-order valence-corrected chi connectivity index (χ2v) is 6.53. The topological polar surface area (TPSA) is 51.2 Å². The number of aromatic nitrogens is 1. The van der Waals surface area contributed by atoms with E-state index >= 15 is 0 Å². The molecule has 1 fully saturated rings. The SMILES string of the molecule is O=C(NCC[C@H]1CCCO1)c1cnc(-c2ccsc2)s1. The molecule has 0 bridgehead atoms. The number of thiazole rings is 1. The van der Waals surface area contributed by atoms with Crippen LogP contribution < -0.4 is 5.32 Å². The van der Waals surface area contributed by atoms with Gasteiger partial charge in [-0.05, 0) is 30.7 Å². The number of nitrogens with one attached hydrogen (secondary N) is 1.